The summed E-state index contributed by atoms with van der Waals surface area (Å²) >= 11 is 0. The first-order valence-electron chi connectivity index (χ1n) is 4.50. The van der Waals surface area contributed by atoms with Gasteiger partial charge >= 0.3 is 0 Å². The van der Waals surface area contributed by atoms with E-state index in [1.165, 1.54) is 12.1 Å². The van der Waals surface area contributed by atoms with Crippen molar-refractivity contribution in [2.45, 2.75) is 4.90 Å². The molecule has 1 aromatic carbocycles. The van der Waals surface area contributed by atoms with E-state index in [2.05, 4.69) is 4.98 Å². The molecule has 0 aliphatic rings. The molecule has 6 heteroatoms. The molecule has 0 saturated carbocycles. The molecule has 1 radical (unpaired) electrons. The summed E-state index contributed by atoms with van der Waals surface area (Å²) in [7, 11) is -3.75. The Hall–Kier alpha value is -1.07. The molecule has 0 aliphatic heterocycles. The molecule has 0 fully saturated rings. The first-order chi connectivity index (χ1) is 7.61. The Morgan fingerprint density at radius 3 is 1.59 bits per heavy atom. The van der Waals surface area contributed by atoms with Gasteiger partial charge in [0.15, 0.2) is 0 Å². The summed E-state index contributed by atoms with van der Waals surface area (Å²) in [6.45, 7) is 0. The molecule has 0 aliphatic carbocycles. The SMILES string of the molecule is [Ir].[NH-]S(=O)(=O)c1ccccc1.c1ccncc1. The zero-order valence-electron chi connectivity index (χ0n) is 8.78. The van der Waals surface area contributed by atoms with Gasteiger partial charge in [-0.1, -0.05) is 24.3 Å². The van der Waals surface area contributed by atoms with Gasteiger partial charge in [-0.05, 0) is 24.3 Å². The summed E-state index contributed by atoms with van der Waals surface area (Å²) in [5, 5.41) is 6.65. The third-order valence-electron chi connectivity index (χ3n) is 1.62. The molecule has 0 saturated heterocycles. The molecule has 93 valence electrons. The number of hydrogen-bond acceptors (Lipinski definition) is 3. The molecule has 17 heavy (non-hydrogen) atoms. The fourth-order valence-corrected chi connectivity index (χ4v) is 1.43. The number of pyridine rings is 1. The minimum atomic E-state index is -3.75. The fraction of sp³-hybridized carbons (Fsp3) is 0. The third-order valence-corrected chi connectivity index (χ3v) is 2.51. The predicted octanol–water partition coefficient (Wildman–Crippen LogP) is 2.51. The van der Waals surface area contributed by atoms with Crippen LogP contribution in [0.2, 0.25) is 0 Å². The number of aromatic nitrogens is 1. The van der Waals surface area contributed by atoms with E-state index in [0.29, 0.717) is 0 Å². The maximum absolute atomic E-state index is 10.5. The molecule has 0 bridgehead atoms. The van der Waals surface area contributed by atoms with E-state index >= 15 is 0 Å². The van der Waals surface area contributed by atoms with Gasteiger partial charge in [0.05, 0.1) is 10.0 Å². The zero-order chi connectivity index (χ0) is 11.9. The fourth-order valence-electron chi connectivity index (χ4n) is 0.912. The number of rotatable bonds is 1. The molecule has 0 spiro atoms. The number of nitrogens with zero attached hydrogens (tertiary/aromatic N) is 1. The average Bonchev–Trinajstić information content (AvgIpc) is 2.32. The van der Waals surface area contributed by atoms with Gasteiger partial charge in [-0.2, -0.15) is 0 Å². The predicted molar refractivity (Wildman–Crippen MR) is 62.2 cm³/mol. The Bertz CT molecular complexity index is 477. The molecule has 1 N–H and O–H groups in total. The van der Waals surface area contributed by atoms with E-state index in [1.807, 2.05) is 18.2 Å². The van der Waals surface area contributed by atoms with Gasteiger partial charge in [-0.15, -0.1) is 0 Å². The van der Waals surface area contributed by atoms with Crippen LogP contribution in [0, 0.1) is 0 Å². The molecule has 1 heterocycles. The van der Waals surface area contributed by atoms with Gasteiger partial charge in [-0.25, -0.2) is 8.42 Å². The van der Waals surface area contributed by atoms with Crippen LogP contribution in [0.1, 0.15) is 0 Å². The standard InChI is InChI=1S/C6H6NO2S.C5H5N.Ir/c7-10(8,9)6-4-2-1-3-5-6;1-2-4-6-5-3-1;/h1-5H,(H-,7,8,9);1-5H;/q-1;;. The summed E-state index contributed by atoms with van der Waals surface area (Å²) < 4.78 is 21.0. The minimum Gasteiger partial charge on any atom is -0.560 e. The van der Waals surface area contributed by atoms with Crippen molar-refractivity contribution in [2.24, 2.45) is 0 Å². The largest absolute Gasteiger partial charge is 0.560 e. The summed E-state index contributed by atoms with van der Waals surface area (Å²) in [5.74, 6) is 0. The normalized spacial score (nSPS) is 9.47. The smallest absolute Gasteiger partial charge is 0.0987 e. The van der Waals surface area contributed by atoms with Crippen LogP contribution in [0.5, 0.6) is 0 Å². The monoisotopic (exact) mass is 428 g/mol. The van der Waals surface area contributed by atoms with Crippen molar-refractivity contribution in [3.63, 3.8) is 0 Å². The van der Waals surface area contributed by atoms with Gasteiger partial charge in [0.1, 0.15) is 0 Å². The Morgan fingerprint density at radius 2 is 1.35 bits per heavy atom. The molecule has 2 aromatic rings. The maximum atomic E-state index is 10.5. The van der Waals surface area contributed by atoms with Gasteiger partial charge in [0.2, 0.25) is 0 Å². The second-order valence-electron chi connectivity index (χ2n) is 2.84. The Labute approximate surface area is 114 Å². The van der Waals surface area contributed by atoms with Crippen LogP contribution in [0.25, 0.3) is 5.14 Å². The average molecular weight is 428 g/mol. The van der Waals surface area contributed by atoms with Crippen molar-refractivity contribution in [1.29, 1.82) is 0 Å². The Morgan fingerprint density at radius 1 is 0.882 bits per heavy atom. The van der Waals surface area contributed by atoms with Crippen LogP contribution in [0.3, 0.4) is 0 Å². The van der Waals surface area contributed by atoms with E-state index in [1.54, 1.807) is 30.6 Å². The molecule has 0 amide bonds. The van der Waals surface area contributed by atoms with E-state index < -0.39 is 10.0 Å². The minimum absolute atomic E-state index is 0. The van der Waals surface area contributed by atoms with Crippen LogP contribution >= 0.6 is 0 Å². The summed E-state index contributed by atoms with van der Waals surface area (Å²) in [6, 6.07) is 13.4. The number of nitrogens with one attached hydrogen (secondary N) is 1. The molecule has 1 aromatic heterocycles. The van der Waals surface area contributed by atoms with Gasteiger partial charge in [0.25, 0.3) is 0 Å². The van der Waals surface area contributed by atoms with E-state index in [4.69, 9.17) is 5.14 Å². The van der Waals surface area contributed by atoms with Crippen molar-refractivity contribution in [1.82, 2.24) is 4.98 Å². The first kappa shape index (κ1) is 15.9. The van der Waals surface area contributed by atoms with E-state index in [-0.39, 0.29) is 25.0 Å². The summed E-state index contributed by atoms with van der Waals surface area (Å²) in [6.07, 6.45) is 3.50. The van der Waals surface area contributed by atoms with Crippen LogP contribution in [-0.2, 0) is 30.1 Å². The second kappa shape index (κ2) is 8.08. The van der Waals surface area contributed by atoms with Crippen molar-refractivity contribution >= 4 is 10.0 Å². The molecule has 0 atom stereocenters. The third kappa shape index (κ3) is 6.97. The summed E-state index contributed by atoms with van der Waals surface area (Å²) in [5.41, 5.74) is 0. The quantitative estimate of drug-likeness (QED) is 0.702. The van der Waals surface area contributed by atoms with Gasteiger partial charge in [-0.3, -0.25) is 4.98 Å². The first-order valence-corrected chi connectivity index (χ1v) is 5.99. The van der Waals surface area contributed by atoms with Crippen LogP contribution in [-0.4, -0.2) is 13.4 Å². The molecular weight excluding hydrogens is 416 g/mol. The van der Waals surface area contributed by atoms with Crippen LogP contribution < -0.4 is 0 Å². The van der Waals surface area contributed by atoms with Crippen molar-refractivity contribution in [3.8, 4) is 0 Å². The van der Waals surface area contributed by atoms with E-state index in [0.717, 1.165) is 0 Å². The molecule has 4 nitrogen and oxygen atoms in total. The van der Waals surface area contributed by atoms with Gasteiger partial charge in [0, 0.05) is 37.4 Å². The zero-order valence-corrected chi connectivity index (χ0v) is 12.0. The number of sulfonamides is 1. The van der Waals surface area contributed by atoms with Crippen molar-refractivity contribution in [2.75, 3.05) is 0 Å². The number of benzene rings is 1. The Kier molecular flexibility index (Phi) is 7.57. The second-order valence-corrected chi connectivity index (χ2v) is 4.32. The maximum Gasteiger partial charge on any atom is 0.0987 e. The van der Waals surface area contributed by atoms with Crippen molar-refractivity contribution < 1.29 is 28.5 Å². The molecule has 2 rings (SSSR count). The van der Waals surface area contributed by atoms with Crippen LogP contribution in [0.4, 0.5) is 0 Å². The van der Waals surface area contributed by atoms with Crippen molar-refractivity contribution in [3.05, 3.63) is 66.1 Å². The van der Waals surface area contributed by atoms with E-state index in [9.17, 15) is 8.42 Å². The summed E-state index contributed by atoms with van der Waals surface area (Å²) in [4.78, 5) is 3.82. The van der Waals surface area contributed by atoms with Gasteiger partial charge < -0.3 is 5.14 Å². The number of hydrogen-bond donors (Lipinski definition) is 0. The Balaban J connectivity index is 0.000000316. The topological polar surface area (TPSA) is 70.8 Å². The molecule has 0 unspecified atom stereocenters. The van der Waals surface area contributed by atoms with Crippen LogP contribution in [0.15, 0.2) is 65.8 Å². The molecular formula is C11H11IrN2O2S-.